The molecule has 2 aliphatic heterocycles. The Hall–Kier alpha value is -2.77. The molecule has 1 aromatic carbocycles. The fraction of sp³-hybridized carbons (Fsp3) is 0.316. The molecule has 0 aliphatic carbocycles. The Morgan fingerprint density at radius 1 is 0.962 bits per heavy atom. The molecule has 2 saturated heterocycles. The molecule has 7 nitrogen and oxygen atoms in total. The van der Waals surface area contributed by atoms with Crippen LogP contribution in [0.25, 0.3) is 17.1 Å². The lowest BCUT2D eigenvalue weighted by molar-refractivity contribution is 0.122. The smallest absolute Gasteiger partial charge is 0.164 e. The van der Waals surface area contributed by atoms with Gasteiger partial charge in [-0.25, -0.2) is 14.6 Å². The molecule has 0 saturated carbocycles. The molecule has 132 valence electrons. The van der Waals surface area contributed by atoms with E-state index >= 15 is 0 Å². The Morgan fingerprint density at radius 3 is 2.50 bits per heavy atom. The van der Waals surface area contributed by atoms with Crippen molar-refractivity contribution in [2.75, 3.05) is 37.8 Å². The van der Waals surface area contributed by atoms with Crippen LogP contribution in [0.3, 0.4) is 0 Å². The summed E-state index contributed by atoms with van der Waals surface area (Å²) in [5.74, 6) is 2.38. The molecule has 0 spiro atoms. The Balaban J connectivity index is 1.52. The predicted molar refractivity (Wildman–Crippen MR) is 96.3 cm³/mol. The molecule has 7 heteroatoms. The summed E-state index contributed by atoms with van der Waals surface area (Å²) >= 11 is 0. The van der Waals surface area contributed by atoms with Crippen LogP contribution in [0.4, 0.5) is 5.82 Å². The number of hydrogen-bond acceptors (Lipinski definition) is 6. The first-order valence-corrected chi connectivity index (χ1v) is 8.81. The largest absolute Gasteiger partial charge is 0.378 e. The highest BCUT2D eigenvalue weighted by Gasteiger charge is 2.30. The van der Waals surface area contributed by atoms with Crippen LogP contribution in [0.2, 0.25) is 0 Å². The molecule has 2 fully saturated rings. The Kier molecular flexibility index (Phi) is 3.88. The summed E-state index contributed by atoms with van der Waals surface area (Å²) in [5.41, 5.74) is 2.00. The van der Waals surface area contributed by atoms with E-state index in [2.05, 4.69) is 22.0 Å². The number of aromatic nitrogens is 4. The minimum Gasteiger partial charge on any atom is -0.378 e. The third-order valence-electron chi connectivity index (χ3n) is 4.57. The molecule has 0 radical (unpaired) electrons. The second kappa shape index (κ2) is 6.51. The average molecular weight is 349 g/mol. The fourth-order valence-electron chi connectivity index (χ4n) is 3.07. The quantitative estimate of drug-likeness (QED) is 0.673. The Labute approximate surface area is 151 Å². The highest BCUT2D eigenvalue weighted by Crippen LogP contribution is 2.29. The van der Waals surface area contributed by atoms with E-state index in [0.29, 0.717) is 19.8 Å². The van der Waals surface area contributed by atoms with Gasteiger partial charge < -0.3 is 14.4 Å². The first kappa shape index (κ1) is 15.5. The molecule has 4 heterocycles. The van der Waals surface area contributed by atoms with Gasteiger partial charge in [-0.05, 0) is 6.07 Å². The lowest BCUT2D eigenvalue weighted by Gasteiger charge is -2.28. The number of ether oxygens (including phenoxy) is 2. The number of nitrogens with zero attached hydrogens (tertiary/aromatic N) is 5. The Bertz CT molecular complexity index is 901. The van der Waals surface area contributed by atoms with E-state index in [4.69, 9.17) is 19.6 Å². The molecule has 26 heavy (non-hydrogen) atoms. The van der Waals surface area contributed by atoms with E-state index < -0.39 is 0 Å². The summed E-state index contributed by atoms with van der Waals surface area (Å²) in [6.45, 7) is 3.77. The van der Waals surface area contributed by atoms with Crippen LogP contribution in [0.15, 0.2) is 48.7 Å². The van der Waals surface area contributed by atoms with Crippen molar-refractivity contribution in [3.05, 3.63) is 54.5 Å². The molecular formula is C19H19N5O2. The van der Waals surface area contributed by atoms with Crippen molar-refractivity contribution in [2.24, 2.45) is 0 Å². The molecule has 1 unspecified atom stereocenters. The molecule has 5 rings (SSSR count). The number of anilines is 1. The zero-order valence-corrected chi connectivity index (χ0v) is 14.3. The van der Waals surface area contributed by atoms with Crippen LogP contribution in [-0.4, -0.2) is 52.7 Å². The maximum Gasteiger partial charge on any atom is 0.164 e. The van der Waals surface area contributed by atoms with E-state index in [0.717, 1.165) is 41.8 Å². The van der Waals surface area contributed by atoms with Gasteiger partial charge in [-0.2, -0.15) is 5.10 Å². The van der Waals surface area contributed by atoms with Gasteiger partial charge in [-0.1, -0.05) is 30.3 Å². The topological polar surface area (TPSA) is 68.6 Å². The molecule has 2 aromatic heterocycles. The zero-order chi connectivity index (χ0) is 17.3. The van der Waals surface area contributed by atoms with Crippen molar-refractivity contribution >= 4 is 5.82 Å². The lowest BCUT2D eigenvalue weighted by atomic mass is 10.2. The van der Waals surface area contributed by atoms with Crippen LogP contribution in [-0.2, 0) is 9.47 Å². The first-order valence-electron chi connectivity index (χ1n) is 8.81. The maximum absolute atomic E-state index is 5.45. The van der Waals surface area contributed by atoms with Gasteiger partial charge >= 0.3 is 0 Å². The van der Waals surface area contributed by atoms with Gasteiger partial charge in [0.1, 0.15) is 11.9 Å². The van der Waals surface area contributed by atoms with Gasteiger partial charge in [0.2, 0.25) is 0 Å². The molecule has 0 bridgehead atoms. The van der Waals surface area contributed by atoms with E-state index in [1.165, 1.54) is 0 Å². The first-order chi connectivity index (χ1) is 12.9. The number of morpholine rings is 1. The zero-order valence-electron chi connectivity index (χ0n) is 14.3. The minimum atomic E-state index is -0.00102. The van der Waals surface area contributed by atoms with Crippen molar-refractivity contribution in [1.82, 2.24) is 19.7 Å². The molecule has 0 N–H and O–H groups in total. The summed E-state index contributed by atoms with van der Waals surface area (Å²) in [6.07, 6.45) is 1.93. The summed E-state index contributed by atoms with van der Waals surface area (Å²) < 4.78 is 12.7. The van der Waals surface area contributed by atoms with Crippen LogP contribution in [0.5, 0.6) is 0 Å². The summed E-state index contributed by atoms with van der Waals surface area (Å²) in [4.78, 5) is 11.6. The molecular weight excluding hydrogens is 330 g/mol. The monoisotopic (exact) mass is 349 g/mol. The van der Waals surface area contributed by atoms with Crippen molar-refractivity contribution in [3.8, 4) is 17.1 Å². The summed E-state index contributed by atoms with van der Waals surface area (Å²) in [5, 5.41) is 4.70. The number of hydrogen-bond donors (Lipinski definition) is 0. The van der Waals surface area contributed by atoms with Crippen molar-refractivity contribution < 1.29 is 9.47 Å². The highest BCUT2D eigenvalue weighted by atomic mass is 16.6. The average Bonchev–Trinajstić information content (AvgIpc) is 3.45. The van der Waals surface area contributed by atoms with Crippen LogP contribution in [0, 0.1) is 0 Å². The van der Waals surface area contributed by atoms with Gasteiger partial charge in [-0.3, -0.25) is 0 Å². The van der Waals surface area contributed by atoms with E-state index in [-0.39, 0.29) is 6.10 Å². The van der Waals surface area contributed by atoms with E-state index in [1.807, 2.05) is 36.5 Å². The molecule has 0 amide bonds. The second-order valence-electron chi connectivity index (χ2n) is 6.38. The minimum absolute atomic E-state index is 0.00102. The highest BCUT2D eigenvalue weighted by molar-refractivity contribution is 5.58. The maximum atomic E-state index is 5.45. The van der Waals surface area contributed by atoms with Crippen molar-refractivity contribution in [3.63, 3.8) is 0 Å². The third kappa shape index (κ3) is 3.07. The predicted octanol–water partition coefficient (Wildman–Crippen LogP) is 2.24. The number of epoxide rings is 1. The lowest BCUT2D eigenvalue weighted by Crippen LogP contribution is -2.37. The molecule has 1 atom stereocenters. The summed E-state index contributed by atoms with van der Waals surface area (Å²) in [7, 11) is 0. The standard InChI is InChI=1S/C19H19N5O2/c1-2-4-14(5-3-1)15-6-7-24(22-15)18-12-17(23-8-10-25-11-9-23)20-19(21-18)16-13-26-16/h1-7,12,16H,8-11,13H2. The van der Waals surface area contributed by atoms with E-state index in [1.54, 1.807) is 4.68 Å². The van der Waals surface area contributed by atoms with Gasteiger partial charge in [0, 0.05) is 30.9 Å². The third-order valence-corrected chi connectivity index (χ3v) is 4.57. The number of rotatable bonds is 4. The number of benzene rings is 1. The molecule has 2 aliphatic rings. The van der Waals surface area contributed by atoms with Crippen LogP contribution in [0.1, 0.15) is 11.9 Å². The Morgan fingerprint density at radius 2 is 1.73 bits per heavy atom. The van der Waals surface area contributed by atoms with Gasteiger partial charge in [0.05, 0.1) is 25.5 Å². The molecule has 3 aromatic rings. The summed E-state index contributed by atoms with van der Waals surface area (Å²) in [6, 6.07) is 14.1. The normalized spacial score (nSPS) is 19.5. The fourth-order valence-corrected chi connectivity index (χ4v) is 3.07. The van der Waals surface area contributed by atoms with Crippen LogP contribution >= 0.6 is 0 Å². The second-order valence-corrected chi connectivity index (χ2v) is 6.38. The van der Waals surface area contributed by atoms with Gasteiger partial charge in [-0.15, -0.1) is 0 Å². The van der Waals surface area contributed by atoms with Gasteiger partial charge in [0.15, 0.2) is 11.6 Å². The van der Waals surface area contributed by atoms with Crippen molar-refractivity contribution in [2.45, 2.75) is 6.10 Å². The van der Waals surface area contributed by atoms with Crippen molar-refractivity contribution in [1.29, 1.82) is 0 Å². The van der Waals surface area contributed by atoms with E-state index in [9.17, 15) is 0 Å². The SMILES string of the molecule is c1ccc(-c2ccn(-c3cc(N4CCOCC4)nc(C4CO4)n3)n2)cc1. The van der Waals surface area contributed by atoms with Gasteiger partial charge in [0.25, 0.3) is 0 Å². The van der Waals surface area contributed by atoms with Crippen LogP contribution < -0.4 is 4.90 Å².